The number of rotatable bonds is 11. The second-order valence-electron chi connectivity index (χ2n) is 6.03. The number of hydrogen-bond donors (Lipinski definition) is 2. The summed E-state index contributed by atoms with van der Waals surface area (Å²) in [6.07, 6.45) is 0.703. The molecule has 29 heavy (non-hydrogen) atoms. The number of carbonyl (C=O) groups excluding carboxylic acids is 2. The van der Waals surface area contributed by atoms with Crippen molar-refractivity contribution in [3.63, 3.8) is 0 Å². The van der Waals surface area contributed by atoms with Crippen LogP contribution in [0.5, 0.6) is 17.2 Å². The van der Waals surface area contributed by atoms with E-state index in [9.17, 15) is 9.59 Å². The lowest BCUT2D eigenvalue weighted by molar-refractivity contribution is -0.118. The maximum atomic E-state index is 12.4. The van der Waals surface area contributed by atoms with Crippen molar-refractivity contribution < 1.29 is 28.5 Å². The van der Waals surface area contributed by atoms with Gasteiger partial charge in [-0.3, -0.25) is 9.59 Å². The molecule has 2 rings (SSSR count). The van der Waals surface area contributed by atoms with Gasteiger partial charge in [0.15, 0.2) is 6.61 Å². The van der Waals surface area contributed by atoms with E-state index in [0.29, 0.717) is 48.1 Å². The fourth-order valence-electron chi connectivity index (χ4n) is 2.50. The number of methoxy groups -OCH3 is 3. The minimum absolute atomic E-state index is 0.236. The van der Waals surface area contributed by atoms with Crippen molar-refractivity contribution in [3.05, 3.63) is 48.0 Å². The Morgan fingerprint density at radius 2 is 1.59 bits per heavy atom. The third-order valence-electron chi connectivity index (χ3n) is 3.95. The smallest absolute Gasteiger partial charge is 0.262 e. The van der Waals surface area contributed by atoms with Crippen LogP contribution >= 0.6 is 0 Å². The molecule has 156 valence electrons. The lowest BCUT2D eigenvalue weighted by Crippen LogP contribution is -2.27. The zero-order valence-corrected chi connectivity index (χ0v) is 16.8. The average molecular weight is 402 g/mol. The number of amides is 2. The summed E-state index contributed by atoms with van der Waals surface area (Å²) in [5.74, 6) is 0.868. The molecule has 2 N–H and O–H groups in total. The Morgan fingerprint density at radius 3 is 2.24 bits per heavy atom. The number of ether oxygens (including phenoxy) is 4. The Kier molecular flexibility index (Phi) is 8.78. The standard InChI is InChI=1S/C21H26N2O6/c1-26-10-6-9-22-21(25)18-7-4-5-8-19(18)23-20(24)14-29-17-12-15(27-2)11-16(13-17)28-3/h4-5,7-8,11-13H,6,9-10,14H2,1-3H3,(H,22,25)(H,23,24). The van der Waals surface area contributed by atoms with Crippen molar-refractivity contribution in [3.8, 4) is 17.2 Å². The van der Waals surface area contributed by atoms with Gasteiger partial charge in [-0.1, -0.05) is 12.1 Å². The summed E-state index contributed by atoms with van der Waals surface area (Å²) in [7, 11) is 4.67. The first-order chi connectivity index (χ1) is 14.1. The number of anilines is 1. The molecule has 0 aliphatic heterocycles. The van der Waals surface area contributed by atoms with E-state index in [-0.39, 0.29) is 12.5 Å². The Morgan fingerprint density at radius 1 is 0.931 bits per heavy atom. The fourth-order valence-corrected chi connectivity index (χ4v) is 2.50. The maximum absolute atomic E-state index is 12.4. The van der Waals surface area contributed by atoms with Crippen LogP contribution in [0.25, 0.3) is 0 Å². The van der Waals surface area contributed by atoms with E-state index in [4.69, 9.17) is 18.9 Å². The van der Waals surface area contributed by atoms with Crippen LogP contribution in [0.15, 0.2) is 42.5 Å². The molecule has 2 aromatic carbocycles. The Balaban J connectivity index is 1.96. The number of hydrogen-bond acceptors (Lipinski definition) is 6. The van der Waals surface area contributed by atoms with Crippen LogP contribution in [0.3, 0.4) is 0 Å². The van der Waals surface area contributed by atoms with Gasteiger partial charge in [0.1, 0.15) is 17.2 Å². The normalized spacial score (nSPS) is 10.2. The van der Waals surface area contributed by atoms with Crippen molar-refractivity contribution in [2.24, 2.45) is 0 Å². The first-order valence-corrected chi connectivity index (χ1v) is 9.09. The SMILES string of the molecule is COCCCNC(=O)c1ccccc1NC(=O)COc1cc(OC)cc(OC)c1. The highest BCUT2D eigenvalue weighted by molar-refractivity contribution is 6.04. The van der Waals surface area contributed by atoms with Crippen molar-refractivity contribution in [1.82, 2.24) is 5.32 Å². The van der Waals surface area contributed by atoms with Gasteiger partial charge in [0, 0.05) is 38.5 Å². The molecule has 0 radical (unpaired) electrons. The number of nitrogens with one attached hydrogen (secondary N) is 2. The van der Waals surface area contributed by atoms with E-state index >= 15 is 0 Å². The van der Waals surface area contributed by atoms with Gasteiger partial charge in [-0.2, -0.15) is 0 Å². The van der Waals surface area contributed by atoms with E-state index in [1.807, 2.05) is 0 Å². The molecule has 0 bridgehead atoms. The summed E-state index contributed by atoms with van der Waals surface area (Å²) in [6, 6.07) is 11.8. The van der Waals surface area contributed by atoms with Crippen LogP contribution in [0, 0.1) is 0 Å². The van der Waals surface area contributed by atoms with Gasteiger partial charge in [0.2, 0.25) is 0 Å². The van der Waals surface area contributed by atoms with Crippen LogP contribution in [0.4, 0.5) is 5.69 Å². The number of carbonyl (C=O) groups is 2. The van der Waals surface area contributed by atoms with Crippen LogP contribution < -0.4 is 24.8 Å². The van der Waals surface area contributed by atoms with Gasteiger partial charge in [0.25, 0.3) is 11.8 Å². The van der Waals surface area contributed by atoms with E-state index in [1.165, 1.54) is 14.2 Å². The molecule has 0 spiro atoms. The largest absolute Gasteiger partial charge is 0.496 e. The fraction of sp³-hybridized carbons (Fsp3) is 0.333. The van der Waals surface area contributed by atoms with Crippen LogP contribution in [-0.2, 0) is 9.53 Å². The topological polar surface area (TPSA) is 95.1 Å². The van der Waals surface area contributed by atoms with Crippen molar-refractivity contribution in [2.45, 2.75) is 6.42 Å². The van der Waals surface area contributed by atoms with E-state index in [2.05, 4.69) is 10.6 Å². The van der Waals surface area contributed by atoms with E-state index < -0.39 is 5.91 Å². The van der Waals surface area contributed by atoms with Gasteiger partial charge in [0.05, 0.1) is 25.5 Å². The monoisotopic (exact) mass is 402 g/mol. The predicted molar refractivity (Wildman–Crippen MR) is 109 cm³/mol. The third-order valence-corrected chi connectivity index (χ3v) is 3.95. The van der Waals surface area contributed by atoms with E-state index in [0.717, 1.165) is 0 Å². The first kappa shape index (κ1) is 22.0. The third kappa shape index (κ3) is 7.00. The zero-order valence-electron chi connectivity index (χ0n) is 16.8. The molecule has 0 aliphatic rings. The summed E-state index contributed by atoms with van der Waals surface area (Å²) in [5, 5.41) is 5.51. The lowest BCUT2D eigenvalue weighted by Gasteiger charge is -2.13. The number of para-hydroxylation sites is 1. The minimum Gasteiger partial charge on any atom is -0.496 e. The molecule has 2 amide bonds. The van der Waals surface area contributed by atoms with Gasteiger partial charge in [-0.25, -0.2) is 0 Å². The quantitative estimate of drug-likeness (QED) is 0.561. The Labute approximate surface area is 170 Å². The molecular formula is C21H26N2O6. The molecule has 0 unspecified atom stereocenters. The van der Waals surface area contributed by atoms with Gasteiger partial charge in [-0.05, 0) is 18.6 Å². The summed E-state index contributed by atoms with van der Waals surface area (Å²) < 4.78 is 20.8. The molecule has 0 saturated heterocycles. The molecule has 0 atom stereocenters. The summed E-state index contributed by atoms with van der Waals surface area (Å²) in [6.45, 7) is 0.806. The first-order valence-electron chi connectivity index (χ1n) is 9.09. The summed E-state index contributed by atoms with van der Waals surface area (Å²) in [4.78, 5) is 24.7. The molecular weight excluding hydrogens is 376 g/mol. The molecule has 8 nitrogen and oxygen atoms in total. The lowest BCUT2D eigenvalue weighted by atomic mass is 10.1. The molecule has 0 fully saturated rings. The van der Waals surface area contributed by atoms with Crippen LogP contribution in [0.1, 0.15) is 16.8 Å². The van der Waals surface area contributed by atoms with Gasteiger partial charge < -0.3 is 29.6 Å². The van der Waals surface area contributed by atoms with E-state index in [1.54, 1.807) is 49.6 Å². The van der Waals surface area contributed by atoms with Crippen molar-refractivity contribution in [1.29, 1.82) is 0 Å². The molecule has 0 heterocycles. The Hall–Kier alpha value is -3.26. The van der Waals surface area contributed by atoms with Gasteiger partial charge in [-0.15, -0.1) is 0 Å². The molecule has 0 aromatic heterocycles. The highest BCUT2D eigenvalue weighted by Crippen LogP contribution is 2.27. The zero-order chi connectivity index (χ0) is 21.1. The van der Waals surface area contributed by atoms with Gasteiger partial charge >= 0.3 is 0 Å². The molecule has 0 saturated carbocycles. The van der Waals surface area contributed by atoms with Crippen LogP contribution in [-0.4, -0.2) is 52.9 Å². The predicted octanol–water partition coefficient (Wildman–Crippen LogP) is 2.49. The average Bonchev–Trinajstić information content (AvgIpc) is 2.75. The molecule has 0 aliphatic carbocycles. The molecule has 2 aromatic rings. The summed E-state index contributed by atoms with van der Waals surface area (Å²) >= 11 is 0. The summed E-state index contributed by atoms with van der Waals surface area (Å²) in [5.41, 5.74) is 0.787. The second kappa shape index (κ2) is 11.6. The molecule has 8 heteroatoms. The minimum atomic E-state index is -0.397. The Bertz CT molecular complexity index is 802. The maximum Gasteiger partial charge on any atom is 0.262 e. The number of benzene rings is 2. The highest BCUT2D eigenvalue weighted by atomic mass is 16.5. The van der Waals surface area contributed by atoms with Crippen molar-refractivity contribution in [2.75, 3.05) is 46.4 Å². The van der Waals surface area contributed by atoms with Crippen molar-refractivity contribution >= 4 is 17.5 Å². The second-order valence-corrected chi connectivity index (χ2v) is 6.03. The highest BCUT2D eigenvalue weighted by Gasteiger charge is 2.13. The van der Waals surface area contributed by atoms with Crippen LogP contribution in [0.2, 0.25) is 0 Å².